The van der Waals surface area contributed by atoms with Crippen molar-refractivity contribution in [3.63, 3.8) is 0 Å². The van der Waals surface area contributed by atoms with Gasteiger partial charge in [0.05, 0.1) is 12.2 Å². The Labute approximate surface area is 119 Å². The predicted molar refractivity (Wildman–Crippen MR) is 80.5 cm³/mol. The van der Waals surface area contributed by atoms with Gasteiger partial charge in [-0.15, -0.1) is 0 Å². The zero-order chi connectivity index (χ0) is 14.0. The van der Waals surface area contributed by atoms with E-state index in [9.17, 15) is 0 Å². The Balaban J connectivity index is 2.04. The van der Waals surface area contributed by atoms with E-state index in [1.807, 2.05) is 6.92 Å². The van der Waals surface area contributed by atoms with Crippen LogP contribution >= 0.6 is 11.8 Å². The summed E-state index contributed by atoms with van der Waals surface area (Å²) in [5.41, 5.74) is 0.219. The average Bonchev–Trinajstić information content (AvgIpc) is 2.75. The summed E-state index contributed by atoms with van der Waals surface area (Å²) in [6.45, 7) is 10.7. The molecule has 2 atom stereocenters. The first-order chi connectivity index (χ1) is 8.86. The standard InChI is InChI=1S/C14H23N3OS/c1-9-8-15-12(18-9)10(2)16-13-17-11(6-7-19-13)14(3,4)5/h8,10-11H,6-7H2,1-5H3,(H,16,17). The van der Waals surface area contributed by atoms with Gasteiger partial charge < -0.3 is 9.73 Å². The van der Waals surface area contributed by atoms with E-state index in [1.54, 1.807) is 18.0 Å². The molecule has 0 aromatic carbocycles. The number of rotatable bonds is 2. The first kappa shape index (κ1) is 14.4. The molecule has 4 nitrogen and oxygen atoms in total. The van der Waals surface area contributed by atoms with Gasteiger partial charge in [-0.3, -0.25) is 4.99 Å². The van der Waals surface area contributed by atoms with Gasteiger partial charge in [-0.1, -0.05) is 32.5 Å². The normalized spacial score (nSPS) is 21.9. The SMILES string of the molecule is Cc1cnc(C(C)NC2=NC(C(C)(C)C)CCS2)o1. The summed E-state index contributed by atoms with van der Waals surface area (Å²) in [5, 5.41) is 4.42. The van der Waals surface area contributed by atoms with E-state index in [1.165, 1.54) is 0 Å². The van der Waals surface area contributed by atoms with Crippen LogP contribution in [0, 0.1) is 12.3 Å². The molecule has 0 bridgehead atoms. The molecule has 0 saturated heterocycles. The third kappa shape index (κ3) is 3.75. The lowest BCUT2D eigenvalue weighted by Gasteiger charge is -2.31. The molecule has 19 heavy (non-hydrogen) atoms. The van der Waals surface area contributed by atoms with Gasteiger partial charge in [0, 0.05) is 5.75 Å². The molecule has 1 aliphatic heterocycles. The Bertz CT molecular complexity index is 462. The number of oxazole rings is 1. The second kappa shape index (κ2) is 5.57. The van der Waals surface area contributed by atoms with Crippen molar-refractivity contribution in [2.24, 2.45) is 10.4 Å². The van der Waals surface area contributed by atoms with Crippen LogP contribution in [-0.4, -0.2) is 21.9 Å². The minimum atomic E-state index is 0.0543. The highest BCUT2D eigenvalue weighted by Gasteiger charge is 2.28. The fraction of sp³-hybridized carbons (Fsp3) is 0.714. The molecule has 5 heteroatoms. The number of hydrogen-bond donors (Lipinski definition) is 1. The molecule has 2 unspecified atom stereocenters. The van der Waals surface area contributed by atoms with E-state index < -0.39 is 0 Å². The molecule has 1 aromatic heterocycles. The molecule has 0 radical (unpaired) electrons. The van der Waals surface area contributed by atoms with Crippen molar-refractivity contribution in [1.82, 2.24) is 10.3 Å². The quantitative estimate of drug-likeness (QED) is 0.901. The van der Waals surface area contributed by atoms with Crippen LogP contribution in [-0.2, 0) is 0 Å². The fourth-order valence-corrected chi connectivity index (χ4v) is 3.03. The number of aliphatic imine (C=N–C) groups is 1. The molecule has 1 aliphatic rings. The average molecular weight is 281 g/mol. The van der Waals surface area contributed by atoms with E-state index >= 15 is 0 Å². The topological polar surface area (TPSA) is 50.4 Å². The zero-order valence-electron chi connectivity index (χ0n) is 12.4. The van der Waals surface area contributed by atoms with Crippen molar-refractivity contribution < 1.29 is 4.42 Å². The lowest BCUT2D eigenvalue weighted by molar-refractivity contribution is 0.315. The van der Waals surface area contributed by atoms with E-state index in [-0.39, 0.29) is 11.5 Å². The Morgan fingerprint density at radius 2 is 2.21 bits per heavy atom. The van der Waals surface area contributed by atoms with Crippen LogP contribution in [0.1, 0.15) is 51.8 Å². The molecule has 0 fully saturated rings. The minimum Gasteiger partial charge on any atom is -0.444 e. The summed E-state index contributed by atoms with van der Waals surface area (Å²) >= 11 is 1.78. The van der Waals surface area contributed by atoms with Crippen LogP contribution in [0.25, 0.3) is 0 Å². The summed E-state index contributed by atoms with van der Waals surface area (Å²) in [6, 6.07) is 0.438. The van der Waals surface area contributed by atoms with Gasteiger partial charge in [0.2, 0.25) is 5.89 Å². The smallest absolute Gasteiger partial charge is 0.216 e. The number of aryl methyl sites for hydroxylation is 1. The highest BCUT2D eigenvalue weighted by atomic mass is 32.2. The highest BCUT2D eigenvalue weighted by Crippen LogP contribution is 2.30. The van der Waals surface area contributed by atoms with Crippen molar-refractivity contribution in [2.75, 3.05) is 5.75 Å². The molecule has 0 aliphatic carbocycles. The zero-order valence-corrected chi connectivity index (χ0v) is 13.2. The van der Waals surface area contributed by atoms with E-state index in [0.29, 0.717) is 6.04 Å². The van der Waals surface area contributed by atoms with E-state index in [4.69, 9.17) is 9.41 Å². The predicted octanol–water partition coefficient (Wildman–Crippen LogP) is 3.54. The van der Waals surface area contributed by atoms with Crippen molar-refractivity contribution in [1.29, 1.82) is 0 Å². The number of amidine groups is 1. The van der Waals surface area contributed by atoms with Crippen LogP contribution in [0.15, 0.2) is 15.6 Å². The number of thioether (sulfide) groups is 1. The molecule has 2 rings (SSSR count). The lowest BCUT2D eigenvalue weighted by atomic mass is 9.85. The summed E-state index contributed by atoms with van der Waals surface area (Å²) in [4.78, 5) is 9.08. The Morgan fingerprint density at radius 3 is 2.79 bits per heavy atom. The van der Waals surface area contributed by atoms with Crippen molar-refractivity contribution in [3.8, 4) is 0 Å². The van der Waals surface area contributed by atoms with Crippen molar-refractivity contribution in [2.45, 2.75) is 53.1 Å². The van der Waals surface area contributed by atoms with Crippen LogP contribution in [0.2, 0.25) is 0 Å². The number of aromatic nitrogens is 1. The van der Waals surface area contributed by atoms with Crippen LogP contribution < -0.4 is 5.32 Å². The molecule has 106 valence electrons. The van der Waals surface area contributed by atoms with Gasteiger partial charge in [-0.25, -0.2) is 4.98 Å². The number of nitrogens with zero attached hydrogens (tertiary/aromatic N) is 2. The maximum Gasteiger partial charge on any atom is 0.216 e. The van der Waals surface area contributed by atoms with Gasteiger partial charge >= 0.3 is 0 Å². The molecular formula is C14H23N3OS. The van der Waals surface area contributed by atoms with Gasteiger partial charge in [0.1, 0.15) is 11.8 Å². The third-order valence-electron chi connectivity index (χ3n) is 3.25. The largest absolute Gasteiger partial charge is 0.444 e. The van der Waals surface area contributed by atoms with E-state index in [0.717, 1.165) is 29.0 Å². The molecule has 0 spiro atoms. The Morgan fingerprint density at radius 1 is 1.47 bits per heavy atom. The van der Waals surface area contributed by atoms with Gasteiger partial charge in [-0.05, 0) is 25.7 Å². The number of hydrogen-bond acceptors (Lipinski definition) is 5. The van der Waals surface area contributed by atoms with Crippen LogP contribution in [0.4, 0.5) is 0 Å². The third-order valence-corrected chi connectivity index (χ3v) is 4.19. The summed E-state index contributed by atoms with van der Waals surface area (Å²) < 4.78 is 5.54. The molecule has 1 N–H and O–H groups in total. The Hall–Kier alpha value is -0.970. The summed E-state index contributed by atoms with van der Waals surface area (Å²) in [5.74, 6) is 2.68. The first-order valence-electron chi connectivity index (χ1n) is 6.75. The second-order valence-corrected chi connectivity index (χ2v) is 7.21. The number of nitrogens with one attached hydrogen (secondary N) is 1. The second-order valence-electron chi connectivity index (χ2n) is 6.13. The summed E-state index contributed by atoms with van der Waals surface area (Å²) in [6.07, 6.45) is 2.90. The van der Waals surface area contributed by atoms with Gasteiger partial charge in [0.15, 0.2) is 5.17 Å². The minimum absolute atomic E-state index is 0.0543. The van der Waals surface area contributed by atoms with Crippen LogP contribution in [0.5, 0.6) is 0 Å². The van der Waals surface area contributed by atoms with Crippen molar-refractivity contribution >= 4 is 16.9 Å². The molecular weight excluding hydrogens is 258 g/mol. The lowest BCUT2D eigenvalue weighted by Crippen LogP contribution is -2.34. The van der Waals surface area contributed by atoms with Crippen LogP contribution in [0.3, 0.4) is 0 Å². The highest BCUT2D eigenvalue weighted by molar-refractivity contribution is 8.13. The first-order valence-corrected chi connectivity index (χ1v) is 7.74. The summed E-state index contributed by atoms with van der Waals surface area (Å²) in [7, 11) is 0. The maximum absolute atomic E-state index is 5.54. The molecule has 2 heterocycles. The molecule has 1 aromatic rings. The van der Waals surface area contributed by atoms with Crippen molar-refractivity contribution in [3.05, 3.63) is 17.8 Å². The van der Waals surface area contributed by atoms with Gasteiger partial charge in [-0.2, -0.15) is 0 Å². The monoisotopic (exact) mass is 281 g/mol. The maximum atomic E-state index is 5.54. The molecule has 0 amide bonds. The van der Waals surface area contributed by atoms with Gasteiger partial charge in [0.25, 0.3) is 0 Å². The Kier molecular flexibility index (Phi) is 4.23. The fourth-order valence-electron chi connectivity index (χ4n) is 2.04. The van der Waals surface area contributed by atoms with E-state index in [2.05, 4.69) is 38.0 Å². The molecule has 0 saturated carbocycles.